The molecular weight excluding hydrogens is 494 g/mol. The molecule has 0 spiro atoms. The van der Waals surface area contributed by atoms with Gasteiger partial charge in [0.05, 0.1) is 10.6 Å². The van der Waals surface area contributed by atoms with Crippen LogP contribution in [0.2, 0.25) is 5.02 Å². The molecule has 1 aromatic heterocycles. The van der Waals surface area contributed by atoms with Crippen molar-refractivity contribution in [1.29, 1.82) is 0 Å². The average molecular weight is 520 g/mol. The first-order valence-electron chi connectivity index (χ1n) is 11.7. The van der Waals surface area contributed by atoms with E-state index in [1.165, 1.54) is 11.8 Å². The predicted molar refractivity (Wildman–Crippen MR) is 145 cm³/mol. The molecule has 1 saturated heterocycles. The van der Waals surface area contributed by atoms with Crippen LogP contribution >= 0.6 is 23.4 Å². The molecule has 0 atom stereocenters. The minimum absolute atomic E-state index is 0.261. The number of aliphatic imine (C=N–C) groups is 1. The molecule has 1 saturated carbocycles. The van der Waals surface area contributed by atoms with Crippen LogP contribution in [-0.2, 0) is 0 Å². The van der Waals surface area contributed by atoms with Crippen LogP contribution in [0.5, 0.6) is 0 Å². The molecular formula is C26H26ClN7OS. The Bertz CT molecular complexity index is 1330. The van der Waals surface area contributed by atoms with Gasteiger partial charge < -0.3 is 21.7 Å². The molecule has 10 heteroatoms. The lowest BCUT2D eigenvalue weighted by Gasteiger charge is -2.32. The predicted octanol–water partition coefficient (Wildman–Crippen LogP) is 4.98. The van der Waals surface area contributed by atoms with Crippen molar-refractivity contribution in [2.75, 3.05) is 23.3 Å². The zero-order chi connectivity index (χ0) is 25.1. The fraction of sp³-hybridized carbons (Fsp3) is 0.231. The van der Waals surface area contributed by atoms with Gasteiger partial charge in [-0.3, -0.25) is 4.79 Å². The number of anilines is 2. The van der Waals surface area contributed by atoms with Crippen molar-refractivity contribution >= 4 is 52.4 Å². The molecule has 8 nitrogen and oxygen atoms in total. The minimum Gasteiger partial charge on any atom is -0.402 e. The number of hydrogen-bond donors (Lipinski definition) is 3. The number of halogens is 1. The van der Waals surface area contributed by atoms with Gasteiger partial charge in [-0.05, 0) is 79.4 Å². The summed E-state index contributed by atoms with van der Waals surface area (Å²) in [6.45, 7) is 1.90. The normalized spacial score (nSPS) is 16.0. The van der Waals surface area contributed by atoms with Crippen LogP contribution in [0.25, 0.3) is 0 Å². The SMILES string of the molecule is N/C(=C\C(N)=N\c1cc(N2CCC2)nc(Sc2ccc(NC(=O)c3ccccc3Cl)cc2)n1)C1CC1. The lowest BCUT2D eigenvalue weighted by Crippen LogP contribution is -2.37. The molecule has 1 aliphatic carbocycles. The van der Waals surface area contributed by atoms with Crippen molar-refractivity contribution in [3.05, 3.63) is 77.0 Å². The van der Waals surface area contributed by atoms with E-state index in [1.54, 1.807) is 30.3 Å². The Labute approximate surface area is 218 Å². The molecule has 0 unspecified atom stereocenters. The number of allylic oxidation sites excluding steroid dienone is 1. The first-order chi connectivity index (χ1) is 17.4. The van der Waals surface area contributed by atoms with Gasteiger partial charge in [0, 0.05) is 35.4 Å². The number of hydrogen-bond acceptors (Lipinski definition) is 7. The monoisotopic (exact) mass is 519 g/mol. The van der Waals surface area contributed by atoms with Crippen LogP contribution in [-0.4, -0.2) is 34.8 Å². The molecule has 2 fully saturated rings. The van der Waals surface area contributed by atoms with E-state index in [4.69, 9.17) is 28.1 Å². The molecule has 1 aliphatic heterocycles. The molecule has 36 heavy (non-hydrogen) atoms. The van der Waals surface area contributed by atoms with Gasteiger partial charge >= 0.3 is 0 Å². The number of carbonyl (C=O) groups is 1. The molecule has 5 rings (SSSR count). The quantitative estimate of drug-likeness (QED) is 0.218. The summed E-state index contributed by atoms with van der Waals surface area (Å²) >= 11 is 7.55. The third-order valence-corrected chi connectivity index (χ3v) is 7.11. The summed E-state index contributed by atoms with van der Waals surface area (Å²) in [5.74, 6) is 1.82. The van der Waals surface area contributed by atoms with Crippen LogP contribution in [0.3, 0.4) is 0 Å². The second-order valence-corrected chi connectivity index (χ2v) is 10.2. The van der Waals surface area contributed by atoms with Crippen LogP contribution in [0.15, 0.2) is 81.4 Å². The van der Waals surface area contributed by atoms with E-state index in [1.807, 2.05) is 30.3 Å². The van der Waals surface area contributed by atoms with Crippen molar-refractivity contribution in [3.63, 3.8) is 0 Å². The Kier molecular flexibility index (Phi) is 7.11. The number of aromatic nitrogens is 2. The zero-order valence-electron chi connectivity index (χ0n) is 19.5. The maximum atomic E-state index is 12.5. The number of nitrogens with two attached hydrogens (primary N) is 2. The van der Waals surface area contributed by atoms with Gasteiger partial charge in [-0.15, -0.1) is 0 Å². The largest absolute Gasteiger partial charge is 0.402 e. The van der Waals surface area contributed by atoms with Crippen molar-refractivity contribution in [3.8, 4) is 0 Å². The van der Waals surface area contributed by atoms with Crippen molar-refractivity contribution < 1.29 is 4.79 Å². The summed E-state index contributed by atoms with van der Waals surface area (Å²) in [6, 6.07) is 16.3. The number of carbonyl (C=O) groups excluding carboxylic acids is 1. The molecule has 0 bridgehead atoms. The molecule has 2 aromatic carbocycles. The average Bonchev–Trinajstić information content (AvgIpc) is 3.65. The molecule has 3 aromatic rings. The summed E-state index contributed by atoms with van der Waals surface area (Å²) in [4.78, 5) is 29.4. The maximum absolute atomic E-state index is 12.5. The number of rotatable bonds is 8. The van der Waals surface area contributed by atoms with Gasteiger partial charge in [-0.25, -0.2) is 15.0 Å². The number of nitrogens with zero attached hydrogens (tertiary/aromatic N) is 4. The summed E-state index contributed by atoms with van der Waals surface area (Å²) in [5.41, 5.74) is 14.1. The summed E-state index contributed by atoms with van der Waals surface area (Å²) in [7, 11) is 0. The molecule has 0 radical (unpaired) electrons. The zero-order valence-corrected chi connectivity index (χ0v) is 21.1. The highest BCUT2D eigenvalue weighted by Gasteiger charge is 2.24. The molecule has 2 aliphatic rings. The first-order valence-corrected chi connectivity index (χ1v) is 12.9. The first kappa shape index (κ1) is 24.1. The van der Waals surface area contributed by atoms with Crippen molar-refractivity contribution in [1.82, 2.24) is 9.97 Å². The Hall–Kier alpha value is -3.56. The Morgan fingerprint density at radius 3 is 2.53 bits per heavy atom. The summed E-state index contributed by atoms with van der Waals surface area (Å²) in [6.07, 6.45) is 5.07. The third-order valence-electron chi connectivity index (χ3n) is 5.91. The van der Waals surface area contributed by atoms with Gasteiger partial charge in [0.15, 0.2) is 11.0 Å². The van der Waals surface area contributed by atoms with Gasteiger partial charge in [0.1, 0.15) is 11.7 Å². The molecule has 184 valence electrons. The van der Waals surface area contributed by atoms with Gasteiger partial charge in [0.2, 0.25) is 0 Å². The lowest BCUT2D eigenvalue weighted by atomic mass is 10.2. The van der Waals surface area contributed by atoms with E-state index >= 15 is 0 Å². The van der Waals surface area contributed by atoms with Gasteiger partial charge in [-0.1, -0.05) is 23.7 Å². The van der Waals surface area contributed by atoms with Crippen molar-refractivity contribution in [2.24, 2.45) is 22.4 Å². The number of nitrogens with one attached hydrogen (secondary N) is 1. The topological polar surface area (TPSA) is 123 Å². The summed E-state index contributed by atoms with van der Waals surface area (Å²) < 4.78 is 0. The Morgan fingerprint density at radius 2 is 1.86 bits per heavy atom. The van der Waals surface area contributed by atoms with Gasteiger partial charge in [-0.2, -0.15) is 0 Å². The van der Waals surface area contributed by atoms with Crippen LogP contribution in [0.1, 0.15) is 29.6 Å². The summed E-state index contributed by atoms with van der Waals surface area (Å²) in [5, 5.41) is 3.85. The molecule has 1 amide bonds. The maximum Gasteiger partial charge on any atom is 0.257 e. The minimum atomic E-state index is -0.261. The van der Waals surface area contributed by atoms with E-state index in [2.05, 4.69) is 20.2 Å². The third kappa shape index (κ3) is 5.98. The lowest BCUT2D eigenvalue weighted by molar-refractivity contribution is 0.102. The van der Waals surface area contributed by atoms with E-state index in [0.717, 1.165) is 48.8 Å². The second-order valence-electron chi connectivity index (χ2n) is 8.72. The van der Waals surface area contributed by atoms with E-state index in [9.17, 15) is 4.79 Å². The van der Waals surface area contributed by atoms with Crippen LogP contribution in [0.4, 0.5) is 17.3 Å². The molecule has 5 N–H and O–H groups in total. The van der Waals surface area contributed by atoms with Crippen LogP contribution < -0.4 is 21.7 Å². The fourth-order valence-corrected chi connectivity index (χ4v) is 4.62. The fourth-order valence-electron chi connectivity index (χ4n) is 3.64. The standard InChI is InChI=1S/C26H26ClN7OS/c27-20-5-2-1-4-19(20)25(35)30-17-8-10-18(11-9-17)36-26-32-23(15-24(33-26)34-12-3-13-34)31-22(29)14-21(28)16-6-7-16/h1-2,4-5,8-11,14-16H,3,6-7,12-13,28H2,(H,30,35)(H2,29,31,32,33)/b21-14-. The molecule has 2 heterocycles. The van der Waals surface area contributed by atoms with E-state index in [0.29, 0.717) is 39.0 Å². The highest BCUT2D eigenvalue weighted by atomic mass is 35.5. The highest BCUT2D eigenvalue weighted by Crippen LogP contribution is 2.34. The van der Waals surface area contributed by atoms with E-state index < -0.39 is 0 Å². The smallest absolute Gasteiger partial charge is 0.257 e. The van der Waals surface area contributed by atoms with E-state index in [-0.39, 0.29) is 5.91 Å². The van der Waals surface area contributed by atoms with Gasteiger partial charge in [0.25, 0.3) is 5.91 Å². The second kappa shape index (κ2) is 10.6. The Morgan fingerprint density at radius 1 is 1.11 bits per heavy atom. The number of benzene rings is 2. The van der Waals surface area contributed by atoms with Crippen molar-refractivity contribution in [2.45, 2.75) is 29.3 Å². The van der Waals surface area contributed by atoms with Crippen LogP contribution in [0, 0.1) is 5.92 Å². The number of amidine groups is 1. The number of amides is 1. The Balaban J connectivity index is 1.32. The highest BCUT2D eigenvalue weighted by molar-refractivity contribution is 7.99.